The second kappa shape index (κ2) is 8.06. The van der Waals surface area contributed by atoms with E-state index < -0.39 is 0 Å². The van der Waals surface area contributed by atoms with Crippen molar-refractivity contribution in [3.8, 4) is 0 Å². The van der Waals surface area contributed by atoms with Gasteiger partial charge in [-0.3, -0.25) is 0 Å². The highest BCUT2D eigenvalue weighted by molar-refractivity contribution is 4.96. The molecule has 1 aliphatic carbocycles. The minimum Gasteiger partial charge on any atom is -0.390 e. The van der Waals surface area contributed by atoms with Crippen LogP contribution in [0.25, 0.3) is 0 Å². The lowest BCUT2D eigenvalue weighted by molar-refractivity contribution is -0.0328. The molecule has 3 fully saturated rings. The lowest BCUT2D eigenvalue weighted by Gasteiger charge is -2.39. The summed E-state index contributed by atoms with van der Waals surface area (Å²) in [4.78, 5) is 0. The molecule has 0 aromatic rings. The largest absolute Gasteiger partial charge is 0.390 e. The Bertz CT molecular complexity index is 175. The van der Waals surface area contributed by atoms with Crippen LogP contribution in [0.3, 0.4) is 0 Å². The van der Waals surface area contributed by atoms with Gasteiger partial charge in [-0.05, 0) is 38.8 Å². The number of nitrogens with one attached hydrogen (secondary N) is 2. The van der Waals surface area contributed by atoms with Crippen molar-refractivity contribution in [3.63, 3.8) is 0 Å². The summed E-state index contributed by atoms with van der Waals surface area (Å²) in [6.07, 6.45) is 7.32. The third kappa shape index (κ3) is 4.57. The van der Waals surface area contributed by atoms with Gasteiger partial charge in [-0.1, -0.05) is 26.7 Å². The predicted molar refractivity (Wildman–Crippen MR) is 73.2 cm³/mol. The van der Waals surface area contributed by atoms with Crippen molar-refractivity contribution in [1.29, 1.82) is 0 Å². The molecule has 0 unspecified atom stereocenters. The van der Waals surface area contributed by atoms with Crippen LogP contribution in [0.1, 0.15) is 52.4 Å². The zero-order chi connectivity index (χ0) is 12.6. The van der Waals surface area contributed by atoms with Gasteiger partial charge in [0.2, 0.25) is 0 Å². The van der Waals surface area contributed by atoms with Crippen LogP contribution >= 0.6 is 0 Å². The minimum atomic E-state index is -0.273. The first-order chi connectivity index (χ1) is 8.31. The summed E-state index contributed by atoms with van der Waals surface area (Å²) in [6.45, 7) is 8.58. The molecule has 3 N–H and O–H groups in total. The van der Waals surface area contributed by atoms with Gasteiger partial charge in [0, 0.05) is 19.0 Å². The van der Waals surface area contributed by atoms with Crippen LogP contribution in [0, 0.1) is 5.92 Å². The summed E-state index contributed by atoms with van der Waals surface area (Å²) >= 11 is 0. The van der Waals surface area contributed by atoms with E-state index in [2.05, 4.69) is 10.6 Å². The molecule has 3 nitrogen and oxygen atoms in total. The maximum atomic E-state index is 9.97. The monoisotopic (exact) mass is 242 g/mol. The first kappa shape index (κ1) is 14.9. The van der Waals surface area contributed by atoms with E-state index in [0.717, 1.165) is 25.9 Å². The van der Waals surface area contributed by atoms with Gasteiger partial charge in [0.25, 0.3) is 0 Å². The van der Waals surface area contributed by atoms with E-state index in [4.69, 9.17) is 0 Å². The van der Waals surface area contributed by atoms with E-state index in [1.54, 1.807) is 0 Å². The molecule has 0 aromatic heterocycles. The van der Waals surface area contributed by atoms with Crippen molar-refractivity contribution in [2.24, 2.45) is 5.92 Å². The Balaban J connectivity index is 0.000000175. The van der Waals surface area contributed by atoms with Crippen LogP contribution in [-0.2, 0) is 0 Å². The molecule has 102 valence electrons. The summed E-state index contributed by atoms with van der Waals surface area (Å²) in [7, 11) is 0. The maximum absolute atomic E-state index is 9.97. The molecule has 1 saturated carbocycles. The van der Waals surface area contributed by atoms with E-state index in [-0.39, 0.29) is 5.60 Å². The van der Waals surface area contributed by atoms with Crippen LogP contribution in [0.4, 0.5) is 0 Å². The summed E-state index contributed by atoms with van der Waals surface area (Å²) in [6, 6.07) is 0. The summed E-state index contributed by atoms with van der Waals surface area (Å²) in [5, 5.41) is 16.4. The molecular formula is C14H30N2O. The van der Waals surface area contributed by atoms with E-state index in [9.17, 15) is 5.11 Å². The van der Waals surface area contributed by atoms with Gasteiger partial charge in [0.05, 0.1) is 5.60 Å². The highest BCUT2D eigenvalue weighted by Gasteiger charge is 2.41. The number of hydrogen-bond donors (Lipinski definition) is 3. The number of rotatable bonds is 1. The standard InChI is InChI=1S/C8H15NO.C4H9N.C2H6/c10-8(3-1-2-4-8)7-5-9-6-7;1-2-4-5-3-1;1-2/h7,9-10H,1-6H2;5H,1-4H2;1-2H3. The van der Waals surface area contributed by atoms with E-state index in [1.165, 1.54) is 38.8 Å². The van der Waals surface area contributed by atoms with Gasteiger partial charge in [0.15, 0.2) is 0 Å². The molecule has 2 aliphatic heterocycles. The average molecular weight is 242 g/mol. The molecular weight excluding hydrogens is 212 g/mol. The molecule has 2 heterocycles. The predicted octanol–water partition coefficient (Wildman–Crippen LogP) is 1.91. The molecule has 2 saturated heterocycles. The summed E-state index contributed by atoms with van der Waals surface area (Å²) < 4.78 is 0. The van der Waals surface area contributed by atoms with Crippen LogP contribution in [0.15, 0.2) is 0 Å². The van der Waals surface area contributed by atoms with Gasteiger partial charge in [-0.15, -0.1) is 0 Å². The Morgan fingerprint density at radius 2 is 1.41 bits per heavy atom. The Labute approximate surface area is 106 Å². The lowest BCUT2D eigenvalue weighted by Crippen LogP contribution is -2.54. The average Bonchev–Trinajstić information content (AvgIpc) is 2.92. The minimum absolute atomic E-state index is 0.273. The van der Waals surface area contributed by atoms with Crippen molar-refractivity contribution in [3.05, 3.63) is 0 Å². The maximum Gasteiger partial charge on any atom is 0.0700 e. The fourth-order valence-corrected chi connectivity index (χ4v) is 2.69. The molecule has 17 heavy (non-hydrogen) atoms. The fraction of sp³-hybridized carbons (Fsp3) is 1.00. The molecule has 0 amide bonds. The highest BCUT2D eigenvalue weighted by atomic mass is 16.3. The topological polar surface area (TPSA) is 44.3 Å². The zero-order valence-electron chi connectivity index (χ0n) is 11.6. The normalized spacial score (nSPS) is 26.3. The van der Waals surface area contributed by atoms with Crippen molar-refractivity contribution < 1.29 is 5.11 Å². The zero-order valence-corrected chi connectivity index (χ0v) is 11.6. The van der Waals surface area contributed by atoms with Gasteiger partial charge < -0.3 is 15.7 Å². The molecule has 3 heteroatoms. The van der Waals surface area contributed by atoms with Crippen molar-refractivity contribution >= 4 is 0 Å². The molecule has 3 rings (SSSR count). The van der Waals surface area contributed by atoms with Crippen molar-refractivity contribution in [1.82, 2.24) is 10.6 Å². The van der Waals surface area contributed by atoms with Crippen LogP contribution in [0.5, 0.6) is 0 Å². The summed E-state index contributed by atoms with van der Waals surface area (Å²) in [5.74, 6) is 0.565. The molecule has 0 bridgehead atoms. The Morgan fingerprint density at radius 3 is 1.71 bits per heavy atom. The van der Waals surface area contributed by atoms with Crippen molar-refractivity contribution in [2.75, 3.05) is 26.2 Å². The Hall–Kier alpha value is -0.120. The first-order valence-corrected chi connectivity index (χ1v) is 7.45. The molecule has 0 spiro atoms. The fourth-order valence-electron chi connectivity index (χ4n) is 2.69. The van der Waals surface area contributed by atoms with Crippen molar-refractivity contribution in [2.45, 2.75) is 58.0 Å². The highest BCUT2D eigenvalue weighted by Crippen LogP contribution is 2.37. The first-order valence-electron chi connectivity index (χ1n) is 7.45. The smallest absolute Gasteiger partial charge is 0.0700 e. The molecule has 0 radical (unpaired) electrons. The lowest BCUT2D eigenvalue weighted by atomic mass is 9.82. The second-order valence-electron chi connectivity index (χ2n) is 5.12. The van der Waals surface area contributed by atoms with Crippen LogP contribution < -0.4 is 10.6 Å². The van der Waals surface area contributed by atoms with Gasteiger partial charge in [-0.25, -0.2) is 0 Å². The van der Waals surface area contributed by atoms with Gasteiger partial charge in [-0.2, -0.15) is 0 Å². The van der Waals surface area contributed by atoms with Gasteiger partial charge in [0.1, 0.15) is 0 Å². The number of aliphatic hydroxyl groups is 1. The van der Waals surface area contributed by atoms with E-state index in [0.29, 0.717) is 5.92 Å². The Kier molecular flexibility index (Phi) is 7.09. The van der Waals surface area contributed by atoms with E-state index >= 15 is 0 Å². The second-order valence-corrected chi connectivity index (χ2v) is 5.12. The molecule has 0 atom stereocenters. The summed E-state index contributed by atoms with van der Waals surface area (Å²) in [5.41, 5.74) is -0.273. The van der Waals surface area contributed by atoms with Crippen LogP contribution in [-0.4, -0.2) is 36.9 Å². The third-order valence-corrected chi connectivity index (χ3v) is 3.97. The molecule has 0 aromatic carbocycles. The Morgan fingerprint density at radius 1 is 0.882 bits per heavy atom. The van der Waals surface area contributed by atoms with Crippen LogP contribution in [0.2, 0.25) is 0 Å². The third-order valence-electron chi connectivity index (χ3n) is 3.97. The molecule has 3 aliphatic rings. The van der Waals surface area contributed by atoms with E-state index in [1.807, 2.05) is 13.8 Å². The quantitative estimate of drug-likeness (QED) is 0.658. The number of hydrogen-bond acceptors (Lipinski definition) is 3. The van der Waals surface area contributed by atoms with Gasteiger partial charge >= 0.3 is 0 Å². The SMILES string of the molecule is C1CCNC1.CC.OC1(C2CNC2)CCCC1.